The van der Waals surface area contributed by atoms with Crippen molar-refractivity contribution < 1.29 is 19.4 Å². The number of carbonyl (C=O) groups excluding carboxylic acids is 2. The predicted molar refractivity (Wildman–Crippen MR) is 61.2 cm³/mol. The van der Waals surface area contributed by atoms with Crippen LogP contribution < -0.4 is 10.6 Å². The van der Waals surface area contributed by atoms with E-state index >= 15 is 0 Å². The molecule has 0 aliphatic heterocycles. The number of aliphatic hydroxyl groups is 1. The number of nitrogens with one attached hydrogen (secondary N) is 2. The van der Waals surface area contributed by atoms with Gasteiger partial charge in [0.15, 0.2) is 0 Å². The van der Waals surface area contributed by atoms with Crippen LogP contribution in [0.25, 0.3) is 0 Å². The SMILES string of the molecule is COCCNC(=O)C(=O)NCC(C)(O)C1CC1. The van der Waals surface area contributed by atoms with Gasteiger partial charge < -0.3 is 20.5 Å². The predicted octanol–water partition coefficient (Wildman–Crippen LogP) is -0.974. The highest BCUT2D eigenvalue weighted by Gasteiger charge is 2.40. The molecule has 6 nitrogen and oxygen atoms in total. The Hall–Kier alpha value is -1.14. The van der Waals surface area contributed by atoms with Gasteiger partial charge in [-0.3, -0.25) is 9.59 Å². The van der Waals surface area contributed by atoms with Crippen LogP contribution in [0.5, 0.6) is 0 Å². The monoisotopic (exact) mass is 244 g/mol. The van der Waals surface area contributed by atoms with E-state index in [1.807, 2.05) is 0 Å². The molecule has 6 heteroatoms. The highest BCUT2D eigenvalue weighted by molar-refractivity contribution is 6.35. The van der Waals surface area contributed by atoms with Gasteiger partial charge in [-0.05, 0) is 25.7 Å². The van der Waals surface area contributed by atoms with Crippen molar-refractivity contribution in [3.05, 3.63) is 0 Å². The first-order valence-corrected chi connectivity index (χ1v) is 5.74. The second-order valence-electron chi connectivity index (χ2n) is 4.56. The van der Waals surface area contributed by atoms with Gasteiger partial charge in [0.05, 0.1) is 12.2 Å². The van der Waals surface area contributed by atoms with E-state index in [1.165, 1.54) is 7.11 Å². The Labute approximate surface area is 101 Å². The second-order valence-corrected chi connectivity index (χ2v) is 4.56. The molecule has 0 aromatic rings. The molecule has 1 fully saturated rings. The molecule has 17 heavy (non-hydrogen) atoms. The zero-order valence-corrected chi connectivity index (χ0v) is 10.3. The van der Waals surface area contributed by atoms with Crippen LogP contribution in [0.4, 0.5) is 0 Å². The number of carbonyl (C=O) groups is 2. The van der Waals surface area contributed by atoms with Gasteiger partial charge in [-0.15, -0.1) is 0 Å². The highest BCUT2D eigenvalue weighted by atomic mass is 16.5. The van der Waals surface area contributed by atoms with Gasteiger partial charge >= 0.3 is 11.8 Å². The van der Waals surface area contributed by atoms with E-state index in [0.29, 0.717) is 13.2 Å². The van der Waals surface area contributed by atoms with Crippen LogP contribution in [0.1, 0.15) is 19.8 Å². The maximum Gasteiger partial charge on any atom is 0.309 e. The van der Waals surface area contributed by atoms with Crippen molar-refractivity contribution in [1.29, 1.82) is 0 Å². The average molecular weight is 244 g/mol. The highest BCUT2D eigenvalue weighted by Crippen LogP contribution is 2.38. The van der Waals surface area contributed by atoms with Gasteiger partial charge in [0.25, 0.3) is 0 Å². The molecule has 0 bridgehead atoms. The first-order chi connectivity index (χ1) is 7.97. The van der Waals surface area contributed by atoms with Crippen LogP contribution in [-0.4, -0.2) is 49.3 Å². The number of hydrogen-bond acceptors (Lipinski definition) is 4. The summed E-state index contributed by atoms with van der Waals surface area (Å²) >= 11 is 0. The smallest absolute Gasteiger partial charge is 0.309 e. The molecule has 1 saturated carbocycles. The Balaban J connectivity index is 2.21. The van der Waals surface area contributed by atoms with Crippen LogP contribution in [-0.2, 0) is 14.3 Å². The molecular formula is C11H20N2O4. The summed E-state index contributed by atoms with van der Waals surface area (Å²) in [5.41, 5.74) is -0.914. The fourth-order valence-corrected chi connectivity index (χ4v) is 1.54. The van der Waals surface area contributed by atoms with Crippen LogP contribution >= 0.6 is 0 Å². The van der Waals surface area contributed by atoms with E-state index in [-0.39, 0.29) is 12.5 Å². The maximum atomic E-state index is 11.4. The Kier molecular flexibility index (Phi) is 4.89. The first kappa shape index (κ1) is 13.9. The summed E-state index contributed by atoms with van der Waals surface area (Å²) < 4.78 is 4.74. The molecule has 0 spiro atoms. The molecule has 1 rings (SSSR count). The lowest BCUT2D eigenvalue weighted by Gasteiger charge is -2.22. The van der Waals surface area contributed by atoms with Gasteiger partial charge in [-0.1, -0.05) is 0 Å². The Morgan fingerprint density at radius 3 is 2.47 bits per heavy atom. The number of rotatable bonds is 6. The van der Waals surface area contributed by atoms with Crippen molar-refractivity contribution in [2.75, 3.05) is 26.8 Å². The van der Waals surface area contributed by atoms with Crippen LogP contribution in [0.3, 0.4) is 0 Å². The quantitative estimate of drug-likeness (QED) is 0.414. The minimum atomic E-state index is -0.914. The molecule has 0 saturated heterocycles. The van der Waals surface area contributed by atoms with Gasteiger partial charge in [0.1, 0.15) is 0 Å². The molecule has 0 aromatic carbocycles. The largest absolute Gasteiger partial charge is 0.388 e. The summed E-state index contributed by atoms with van der Waals surface area (Å²) in [6.07, 6.45) is 1.95. The molecule has 2 amide bonds. The van der Waals surface area contributed by atoms with Crippen molar-refractivity contribution in [3.8, 4) is 0 Å². The van der Waals surface area contributed by atoms with E-state index in [1.54, 1.807) is 6.92 Å². The summed E-state index contributed by atoms with van der Waals surface area (Å²) in [6, 6.07) is 0. The molecule has 0 heterocycles. The minimum absolute atomic E-state index is 0.105. The maximum absolute atomic E-state index is 11.4. The van der Waals surface area contributed by atoms with Crippen LogP contribution in [0.15, 0.2) is 0 Å². The van der Waals surface area contributed by atoms with E-state index in [9.17, 15) is 14.7 Å². The van der Waals surface area contributed by atoms with Crippen molar-refractivity contribution in [1.82, 2.24) is 10.6 Å². The van der Waals surface area contributed by atoms with Gasteiger partial charge in [-0.25, -0.2) is 0 Å². The lowest BCUT2D eigenvalue weighted by molar-refractivity contribution is -0.140. The number of hydrogen-bond donors (Lipinski definition) is 3. The zero-order valence-electron chi connectivity index (χ0n) is 10.3. The Morgan fingerprint density at radius 1 is 1.35 bits per heavy atom. The molecule has 1 aliphatic rings. The standard InChI is InChI=1S/C11H20N2O4/c1-11(16,8-3-4-8)7-13-10(15)9(14)12-5-6-17-2/h8,16H,3-7H2,1-2H3,(H,12,14)(H,13,15). The van der Waals surface area contributed by atoms with Crippen molar-refractivity contribution in [2.45, 2.75) is 25.4 Å². The molecule has 0 aromatic heterocycles. The summed E-state index contributed by atoms with van der Waals surface area (Å²) in [5.74, 6) is -1.19. The normalized spacial score (nSPS) is 18.3. The summed E-state index contributed by atoms with van der Waals surface area (Å²) in [5, 5.41) is 14.8. The van der Waals surface area contributed by atoms with E-state index in [2.05, 4.69) is 10.6 Å². The number of amides is 2. The minimum Gasteiger partial charge on any atom is -0.388 e. The van der Waals surface area contributed by atoms with Gasteiger partial charge in [-0.2, -0.15) is 0 Å². The van der Waals surface area contributed by atoms with E-state index in [4.69, 9.17) is 4.74 Å². The third kappa shape index (κ3) is 4.70. The first-order valence-electron chi connectivity index (χ1n) is 5.74. The van der Waals surface area contributed by atoms with Crippen molar-refractivity contribution in [3.63, 3.8) is 0 Å². The van der Waals surface area contributed by atoms with E-state index < -0.39 is 17.4 Å². The van der Waals surface area contributed by atoms with Gasteiger partial charge in [0, 0.05) is 20.2 Å². The summed E-state index contributed by atoms with van der Waals surface area (Å²) in [4.78, 5) is 22.6. The van der Waals surface area contributed by atoms with Crippen molar-refractivity contribution >= 4 is 11.8 Å². The topological polar surface area (TPSA) is 87.7 Å². The lowest BCUT2D eigenvalue weighted by Crippen LogP contribution is -2.47. The number of methoxy groups -OCH3 is 1. The zero-order chi connectivity index (χ0) is 12.9. The Morgan fingerprint density at radius 2 is 1.94 bits per heavy atom. The molecule has 1 unspecified atom stereocenters. The molecule has 0 radical (unpaired) electrons. The second kappa shape index (κ2) is 5.97. The van der Waals surface area contributed by atoms with Crippen LogP contribution in [0.2, 0.25) is 0 Å². The number of ether oxygens (including phenoxy) is 1. The summed E-state index contributed by atoms with van der Waals surface area (Å²) in [6.45, 7) is 2.43. The molecule has 1 atom stereocenters. The van der Waals surface area contributed by atoms with Crippen molar-refractivity contribution in [2.24, 2.45) is 5.92 Å². The third-order valence-corrected chi connectivity index (χ3v) is 2.86. The van der Waals surface area contributed by atoms with E-state index in [0.717, 1.165) is 12.8 Å². The van der Waals surface area contributed by atoms with Crippen LogP contribution in [0, 0.1) is 5.92 Å². The molecule has 1 aliphatic carbocycles. The molecule has 98 valence electrons. The fourth-order valence-electron chi connectivity index (χ4n) is 1.54. The molecule has 3 N–H and O–H groups in total. The fraction of sp³-hybridized carbons (Fsp3) is 0.818. The average Bonchev–Trinajstić information content (AvgIpc) is 3.10. The molecular weight excluding hydrogens is 224 g/mol. The lowest BCUT2D eigenvalue weighted by atomic mass is 10.0. The van der Waals surface area contributed by atoms with Gasteiger partial charge in [0.2, 0.25) is 0 Å². The third-order valence-electron chi connectivity index (χ3n) is 2.86. The summed E-state index contributed by atoms with van der Waals surface area (Å²) in [7, 11) is 1.51. The Bertz CT molecular complexity index is 287.